The average molecular weight is 361 g/mol. The van der Waals surface area contributed by atoms with E-state index in [9.17, 15) is 13.8 Å². The van der Waals surface area contributed by atoms with Crippen molar-refractivity contribution in [1.29, 1.82) is 0 Å². The Morgan fingerprint density at radius 3 is 2.84 bits per heavy atom. The molecule has 1 spiro atoms. The number of amides is 2. The summed E-state index contributed by atoms with van der Waals surface area (Å²) >= 11 is 0. The number of hydrogen-bond donors (Lipinski definition) is 2. The van der Waals surface area contributed by atoms with Gasteiger partial charge in [-0.1, -0.05) is 0 Å². The van der Waals surface area contributed by atoms with Gasteiger partial charge in [-0.25, -0.2) is 4.21 Å². The molecule has 2 fully saturated rings. The molecule has 0 aromatic heterocycles. The van der Waals surface area contributed by atoms with Gasteiger partial charge in [0, 0.05) is 29.0 Å². The lowest BCUT2D eigenvalue weighted by molar-refractivity contribution is -0.116. The van der Waals surface area contributed by atoms with Crippen LogP contribution in [0.1, 0.15) is 48.0 Å². The topological polar surface area (TPSA) is 87.6 Å². The van der Waals surface area contributed by atoms with Crippen LogP contribution in [-0.2, 0) is 20.9 Å². The second kappa shape index (κ2) is 6.21. The molecule has 3 heterocycles. The number of carbonyl (C=O) groups is 2. The molecule has 1 aromatic carbocycles. The maximum Gasteiger partial charge on any atom is 0.285 e. The Morgan fingerprint density at radius 1 is 1.20 bits per heavy atom. The lowest BCUT2D eigenvalue weighted by Crippen LogP contribution is -2.49. The third-order valence-electron chi connectivity index (χ3n) is 5.45. The van der Waals surface area contributed by atoms with E-state index >= 15 is 0 Å². The number of anilines is 1. The number of aryl methyl sites for hydroxylation is 1. The highest BCUT2D eigenvalue weighted by Crippen LogP contribution is 2.32. The van der Waals surface area contributed by atoms with E-state index < -0.39 is 15.6 Å². The van der Waals surface area contributed by atoms with Gasteiger partial charge < -0.3 is 10.6 Å². The van der Waals surface area contributed by atoms with Crippen molar-refractivity contribution >= 4 is 27.2 Å². The molecule has 25 heavy (non-hydrogen) atoms. The van der Waals surface area contributed by atoms with Crippen molar-refractivity contribution in [2.24, 2.45) is 4.36 Å². The van der Waals surface area contributed by atoms with Crippen LogP contribution in [-0.4, -0.2) is 39.6 Å². The summed E-state index contributed by atoms with van der Waals surface area (Å²) in [6.07, 6.45) is 5.02. The minimum atomic E-state index is -2.52. The molecular weight excluding hydrogens is 338 g/mol. The predicted octanol–water partition coefficient (Wildman–Crippen LogP) is 2.10. The molecule has 2 amide bonds. The van der Waals surface area contributed by atoms with Gasteiger partial charge in [0.25, 0.3) is 5.91 Å². The third-order valence-corrected chi connectivity index (χ3v) is 7.88. The molecule has 3 aliphatic rings. The van der Waals surface area contributed by atoms with Gasteiger partial charge in [0.1, 0.15) is 0 Å². The molecule has 0 aliphatic carbocycles. The molecule has 0 saturated carbocycles. The zero-order valence-electron chi connectivity index (χ0n) is 14.2. The second-order valence-corrected chi connectivity index (χ2v) is 9.78. The van der Waals surface area contributed by atoms with E-state index in [-0.39, 0.29) is 11.4 Å². The van der Waals surface area contributed by atoms with Gasteiger partial charge in [-0.2, -0.15) is 4.36 Å². The largest absolute Gasteiger partial charge is 0.326 e. The first-order chi connectivity index (χ1) is 12.0. The Morgan fingerprint density at radius 2 is 2.04 bits per heavy atom. The highest BCUT2D eigenvalue weighted by Gasteiger charge is 2.40. The van der Waals surface area contributed by atoms with Crippen LogP contribution in [0.15, 0.2) is 22.6 Å². The normalized spacial score (nSPS) is 31.4. The first kappa shape index (κ1) is 16.7. The summed E-state index contributed by atoms with van der Waals surface area (Å²) in [4.78, 5) is 24.0. The van der Waals surface area contributed by atoms with Gasteiger partial charge in [0.2, 0.25) is 5.91 Å². The van der Waals surface area contributed by atoms with Crippen LogP contribution in [0.5, 0.6) is 0 Å². The fourth-order valence-corrected chi connectivity index (χ4v) is 6.77. The van der Waals surface area contributed by atoms with Crippen molar-refractivity contribution in [1.82, 2.24) is 5.32 Å². The van der Waals surface area contributed by atoms with Crippen LogP contribution in [0.25, 0.3) is 0 Å². The zero-order valence-corrected chi connectivity index (χ0v) is 15.0. The number of nitrogens with zero attached hydrogens (tertiary/aromatic N) is 1. The first-order valence-electron chi connectivity index (χ1n) is 8.92. The standard InChI is InChI=1S/C18H23N3O3S/c22-16-6-4-13-11-14(3-5-15(13)20-16)17(23)21-25(24)10-2-8-18(12-25)7-1-9-19-18/h3,5,11,19H,1-2,4,6-10,12H2,(H,20,22). The minimum Gasteiger partial charge on any atom is -0.326 e. The van der Waals surface area contributed by atoms with Crippen LogP contribution >= 0.6 is 0 Å². The number of rotatable bonds is 1. The van der Waals surface area contributed by atoms with Crippen LogP contribution in [0.2, 0.25) is 0 Å². The Kier molecular flexibility index (Phi) is 4.16. The van der Waals surface area contributed by atoms with E-state index in [1.807, 2.05) is 0 Å². The van der Waals surface area contributed by atoms with Gasteiger partial charge in [0.05, 0.1) is 15.5 Å². The molecular formula is C18H23N3O3S. The van der Waals surface area contributed by atoms with E-state index in [1.54, 1.807) is 18.2 Å². The molecule has 3 aliphatic heterocycles. The molecule has 0 bridgehead atoms. The van der Waals surface area contributed by atoms with Gasteiger partial charge in [0.15, 0.2) is 0 Å². The molecule has 2 atom stereocenters. The van der Waals surface area contributed by atoms with Crippen LogP contribution in [0, 0.1) is 0 Å². The molecule has 2 unspecified atom stereocenters. The monoisotopic (exact) mass is 361 g/mol. The number of hydrogen-bond acceptors (Lipinski definition) is 4. The molecule has 4 rings (SSSR count). The van der Waals surface area contributed by atoms with Crippen LogP contribution < -0.4 is 10.6 Å². The number of fused-ring (bicyclic) bond motifs is 1. The molecule has 6 nitrogen and oxygen atoms in total. The summed E-state index contributed by atoms with van der Waals surface area (Å²) in [7, 11) is -2.52. The number of nitrogens with one attached hydrogen (secondary N) is 2. The molecule has 1 aromatic rings. The fourth-order valence-electron chi connectivity index (χ4n) is 4.22. The summed E-state index contributed by atoms with van der Waals surface area (Å²) in [5.74, 6) is 0.575. The van der Waals surface area contributed by atoms with Crippen molar-refractivity contribution in [3.05, 3.63) is 29.3 Å². The van der Waals surface area contributed by atoms with E-state index in [0.717, 1.165) is 43.5 Å². The molecule has 2 N–H and O–H groups in total. The minimum absolute atomic E-state index is 0.00390. The molecule has 2 saturated heterocycles. The van der Waals surface area contributed by atoms with Gasteiger partial charge in [-0.15, -0.1) is 0 Å². The van der Waals surface area contributed by atoms with E-state index in [1.165, 1.54) is 0 Å². The van der Waals surface area contributed by atoms with Crippen molar-refractivity contribution in [2.45, 2.75) is 44.1 Å². The Hall–Kier alpha value is -1.73. The SMILES string of the molecule is O=C1CCc2cc(C(=O)N=S3(=O)CCCC4(CCCN4)C3)ccc2N1. The maximum absolute atomic E-state index is 13.2. The van der Waals surface area contributed by atoms with E-state index in [4.69, 9.17) is 0 Å². The Labute approximate surface area is 147 Å². The van der Waals surface area contributed by atoms with Crippen molar-refractivity contribution in [2.75, 3.05) is 23.4 Å². The molecule has 0 radical (unpaired) electrons. The Balaban J connectivity index is 1.59. The first-order valence-corrected chi connectivity index (χ1v) is 10.8. The Bertz CT molecular complexity index is 849. The number of carbonyl (C=O) groups excluding carboxylic acids is 2. The fraction of sp³-hybridized carbons (Fsp3) is 0.556. The summed E-state index contributed by atoms with van der Waals surface area (Å²) in [5, 5.41) is 6.30. The van der Waals surface area contributed by atoms with Gasteiger partial charge in [-0.3, -0.25) is 9.59 Å². The summed E-state index contributed by atoms with van der Waals surface area (Å²) in [5.41, 5.74) is 2.06. The maximum atomic E-state index is 13.2. The molecule has 7 heteroatoms. The van der Waals surface area contributed by atoms with Crippen molar-refractivity contribution in [3.63, 3.8) is 0 Å². The van der Waals surface area contributed by atoms with Crippen molar-refractivity contribution < 1.29 is 13.8 Å². The van der Waals surface area contributed by atoms with Crippen LogP contribution in [0.4, 0.5) is 5.69 Å². The smallest absolute Gasteiger partial charge is 0.285 e. The summed E-state index contributed by atoms with van der Waals surface area (Å²) < 4.78 is 17.4. The summed E-state index contributed by atoms with van der Waals surface area (Å²) in [6, 6.07) is 5.17. The third kappa shape index (κ3) is 3.35. The highest BCUT2D eigenvalue weighted by atomic mass is 32.2. The number of benzene rings is 1. The van der Waals surface area contributed by atoms with Crippen LogP contribution in [0.3, 0.4) is 0 Å². The van der Waals surface area contributed by atoms with Gasteiger partial charge >= 0.3 is 0 Å². The lowest BCUT2D eigenvalue weighted by atomic mass is 9.94. The summed E-state index contributed by atoms with van der Waals surface area (Å²) in [6.45, 7) is 0.958. The highest BCUT2D eigenvalue weighted by molar-refractivity contribution is 7.94. The van der Waals surface area contributed by atoms with E-state index in [2.05, 4.69) is 15.0 Å². The van der Waals surface area contributed by atoms with Gasteiger partial charge in [-0.05, 0) is 62.4 Å². The van der Waals surface area contributed by atoms with Crippen molar-refractivity contribution in [3.8, 4) is 0 Å². The average Bonchev–Trinajstić information content (AvgIpc) is 3.01. The van der Waals surface area contributed by atoms with E-state index in [0.29, 0.717) is 29.9 Å². The lowest BCUT2D eigenvalue weighted by Gasteiger charge is -2.35. The predicted molar refractivity (Wildman–Crippen MR) is 97.2 cm³/mol. The zero-order chi connectivity index (χ0) is 17.5. The second-order valence-electron chi connectivity index (χ2n) is 7.35. The molecule has 134 valence electrons. The quantitative estimate of drug-likeness (QED) is 0.802.